The Hall–Kier alpha value is -2.89. The van der Waals surface area contributed by atoms with Crippen LogP contribution in [0.25, 0.3) is 0 Å². The summed E-state index contributed by atoms with van der Waals surface area (Å²) in [5.41, 5.74) is 0.782. The molecule has 2 heterocycles. The van der Waals surface area contributed by atoms with E-state index in [-0.39, 0.29) is 5.76 Å². The molecule has 0 unspecified atom stereocenters. The molecule has 0 radical (unpaired) electrons. The molecule has 6 heteroatoms. The number of aliphatic hydroxyl groups is 1. The lowest BCUT2D eigenvalue weighted by atomic mass is 10.2. The lowest BCUT2D eigenvalue weighted by molar-refractivity contribution is -0.135. The second-order valence-corrected chi connectivity index (χ2v) is 3.96. The Morgan fingerprint density at radius 3 is 2.65 bits per heavy atom. The quantitative estimate of drug-likeness (QED) is 0.490. The molecule has 0 aliphatic heterocycles. The number of furan rings is 1. The van der Waals surface area contributed by atoms with Crippen molar-refractivity contribution in [3.63, 3.8) is 0 Å². The topological polar surface area (TPSA) is 101 Å². The van der Waals surface area contributed by atoms with Crippen molar-refractivity contribution in [1.29, 1.82) is 0 Å². The summed E-state index contributed by atoms with van der Waals surface area (Å²) < 4.78 is 5.29. The Bertz CT molecular complexity index is 657. The third-order valence-electron chi connectivity index (χ3n) is 2.47. The molecule has 0 aromatic carbocycles. The van der Waals surface area contributed by atoms with Gasteiger partial charge < -0.3 is 14.6 Å². The van der Waals surface area contributed by atoms with Crippen LogP contribution in [0.15, 0.2) is 52.8 Å². The number of ketones is 1. The number of carboxylic acids is 1. The maximum absolute atomic E-state index is 11.6. The van der Waals surface area contributed by atoms with E-state index in [9.17, 15) is 9.59 Å². The number of carbonyl (C=O) groups is 2. The van der Waals surface area contributed by atoms with E-state index in [0.29, 0.717) is 18.3 Å². The maximum Gasteiger partial charge on any atom is 0.371 e. The van der Waals surface area contributed by atoms with Gasteiger partial charge >= 0.3 is 5.97 Å². The third-order valence-corrected chi connectivity index (χ3v) is 2.47. The molecule has 2 rings (SSSR count). The van der Waals surface area contributed by atoms with Crippen molar-refractivity contribution in [2.75, 3.05) is 0 Å². The first-order valence-electron chi connectivity index (χ1n) is 5.73. The molecule has 20 heavy (non-hydrogen) atoms. The molecule has 0 bridgehead atoms. The Kier molecular flexibility index (Phi) is 3.95. The molecule has 0 spiro atoms. The van der Waals surface area contributed by atoms with Gasteiger partial charge in [0.05, 0.1) is 0 Å². The molecule has 0 amide bonds. The Morgan fingerprint density at radius 2 is 2.00 bits per heavy atom. The zero-order valence-electron chi connectivity index (χ0n) is 10.3. The number of nitrogens with zero attached hydrogens (tertiary/aromatic N) is 1. The second-order valence-electron chi connectivity index (χ2n) is 3.96. The molecule has 102 valence electrons. The molecule has 0 saturated carbocycles. The third kappa shape index (κ3) is 3.32. The normalized spacial score (nSPS) is 11.3. The van der Waals surface area contributed by atoms with Crippen molar-refractivity contribution in [1.82, 2.24) is 4.98 Å². The van der Waals surface area contributed by atoms with Crippen LogP contribution in [0.4, 0.5) is 0 Å². The predicted molar refractivity (Wildman–Crippen MR) is 68.4 cm³/mol. The maximum atomic E-state index is 11.6. The van der Waals surface area contributed by atoms with Crippen LogP contribution in [0, 0.1) is 0 Å². The number of aliphatic carboxylic acids is 1. The van der Waals surface area contributed by atoms with Gasteiger partial charge in [-0.15, -0.1) is 0 Å². The fourth-order valence-electron chi connectivity index (χ4n) is 1.54. The van der Waals surface area contributed by atoms with E-state index in [1.54, 1.807) is 18.3 Å². The van der Waals surface area contributed by atoms with Crippen LogP contribution in [0.5, 0.6) is 0 Å². The molecular weight excluding hydrogens is 262 g/mol. The number of aromatic nitrogens is 1. The number of hydrogen-bond donors (Lipinski definition) is 2. The SMILES string of the molecule is O=C(O)/C(O)=C/C(=O)c1ccc(Cc2ccccn2)o1. The van der Waals surface area contributed by atoms with E-state index in [4.69, 9.17) is 14.6 Å². The van der Waals surface area contributed by atoms with Crippen LogP contribution in [-0.2, 0) is 11.2 Å². The fraction of sp³-hybridized carbons (Fsp3) is 0.0714. The zero-order chi connectivity index (χ0) is 14.5. The summed E-state index contributed by atoms with van der Waals surface area (Å²) in [4.78, 5) is 26.1. The Morgan fingerprint density at radius 1 is 1.20 bits per heavy atom. The van der Waals surface area contributed by atoms with Gasteiger partial charge in [0.15, 0.2) is 5.76 Å². The molecular formula is C14H11NO5. The summed E-state index contributed by atoms with van der Waals surface area (Å²) in [5, 5.41) is 17.5. The first-order chi connectivity index (χ1) is 9.56. The highest BCUT2D eigenvalue weighted by atomic mass is 16.4. The van der Waals surface area contributed by atoms with Gasteiger partial charge in [-0.1, -0.05) is 6.07 Å². The number of carboxylic acid groups (broad SMARTS) is 1. The van der Waals surface area contributed by atoms with Crippen molar-refractivity contribution in [3.8, 4) is 0 Å². The van der Waals surface area contributed by atoms with Crippen molar-refractivity contribution < 1.29 is 24.2 Å². The van der Waals surface area contributed by atoms with Gasteiger partial charge in [0, 0.05) is 24.4 Å². The van der Waals surface area contributed by atoms with Crippen molar-refractivity contribution in [3.05, 3.63) is 65.6 Å². The number of pyridine rings is 1. The minimum absolute atomic E-state index is 0.0382. The van der Waals surface area contributed by atoms with Gasteiger partial charge in [-0.3, -0.25) is 9.78 Å². The molecule has 6 nitrogen and oxygen atoms in total. The van der Waals surface area contributed by atoms with Crippen LogP contribution < -0.4 is 0 Å². The second kappa shape index (κ2) is 5.83. The highest BCUT2D eigenvalue weighted by Crippen LogP contribution is 2.13. The summed E-state index contributed by atoms with van der Waals surface area (Å²) in [7, 11) is 0. The van der Waals surface area contributed by atoms with Gasteiger partial charge in [0.25, 0.3) is 0 Å². The molecule has 2 aromatic heterocycles. The highest BCUT2D eigenvalue weighted by molar-refractivity contribution is 6.06. The smallest absolute Gasteiger partial charge is 0.371 e. The molecule has 2 N–H and O–H groups in total. The average molecular weight is 273 g/mol. The van der Waals surface area contributed by atoms with Gasteiger partial charge in [0.2, 0.25) is 11.5 Å². The summed E-state index contributed by atoms with van der Waals surface area (Å²) in [6.07, 6.45) is 2.67. The summed E-state index contributed by atoms with van der Waals surface area (Å²) in [6.45, 7) is 0. The van der Waals surface area contributed by atoms with Crippen LogP contribution in [0.3, 0.4) is 0 Å². The predicted octanol–water partition coefficient (Wildman–Crippen LogP) is 1.97. The van der Waals surface area contributed by atoms with Gasteiger partial charge in [-0.05, 0) is 24.3 Å². The van der Waals surface area contributed by atoms with Crippen molar-refractivity contribution in [2.45, 2.75) is 6.42 Å². The van der Waals surface area contributed by atoms with Gasteiger partial charge in [0.1, 0.15) is 5.76 Å². The lowest BCUT2D eigenvalue weighted by Crippen LogP contribution is -2.03. The number of carbonyl (C=O) groups excluding carboxylic acids is 1. The molecule has 0 saturated heterocycles. The standard InChI is InChI=1S/C14H11NO5/c16-11(8-12(17)14(18)19)13-5-4-10(20-13)7-9-3-1-2-6-15-9/h1-6,8,17H,7H2,(H,18,19)/b12-8-. The number of hydrogen-bond acceptors (Lipinski definition) is 5. The average Bonchev–Trinajstić information content (AvgIpc) is 2.88. The Balaban J connectivity index is 2.11. The van der Waals surface area contributed by atoms with Crippen LogP contribution in [0.2, 0.25) is 0 Å². The number of rotatable bonds is 5. The van der Waals surface area contributed by atoms with Crippen LogP contribution >= 0.6 is 0 Å². The monoisotopic (exact) mass is 273 g/mol. The van der Waals surface area contributed by atoms with E-state index in [1.165, 1.54) is 6.07 Å². The fourth-order valence-corrected chi connectivity index (χ4v) is 1.54. The molecule has 2 aromatic rings. The molecule has 0 aliphatic carbocycles. The number of allylic oxidation sites excluding steroid dienone is 1. The minimum Gasteiger partial charge on any atom is -0.502 e. The molecule has 0 aliphatic rings. The van der Waals surface area contributed by atoms with E-state index >= 15 is 0 Å². The van der Waals surface area contributed by atoms with E-state index in [0.717, 1.165) is 5.69 Å². The largest absolute Gasteiger partial charge is 0.502 e. The van der Waals surface area contributed by atoms with Gasteiger partial charge in [-0.25, -0.2) is 4.79 Å². The molecule has 0 atom stereocenters. The van der Waals surface area contributed by atoms with Gasteiger partial charge in [-0.2, -0.15) is 0 Å². The molecule has 0 fully saturated rings. The van der Waals surface area contributed by atoms with Crippen LogP contribution in [0.1, 0.15) is 22.0 Å². The lowest BCUT2D eigenvalue weighted by Gasteiger charge is -1.96. The van der Waals surface area contributed by atoms with E-state index in [1.807, 2.05) is 12.1 Å². The Labute approximate surface area is 114 Å². The van der Waals surface area contributed by atoms with E-state index in [2.05, 4.69) is 4.98 Å². The first kappa shape index (κ1) is 13.5. The number of aliphatic hydroxyl groups excluding tert-OH is 1. The zero-order valence-corrected chi connectivity index (χ0v) is 10.3. The van der Waals surface area contributed by atoms with Crippen molar-refractivity contribution >= 4 is 11.8 Å². The highest BCUT2D eigenvalue weighted by Gasteiger charge is 2.13. The minimum atomic E-state index is -1.57. The van der Waals surface area contributed by atoms with Crippen molar-refractivity contribution in [2.24, 2.45) is 0 Å². The van der Waals surface area contributed by atoms with E-state index < -0.39 is 17.5 Å². The first-order valence-corrected chi connectivity index (χ1v) is 5.73. The summed E-state index contributed by atoms with van der Waals surface area (Å²) in [6, 6.07) is 8.48. The summed E-state index contributed by atoms with van der Waals surface area (Å²) in [5.74, 6) is -2.83. The van der Waals surface area contributed by atoms with Crippen LogP contribution in [-0.4, -0.2) is 26.9 Å². The summed E-state index contributed by atoms with van der Waals surface area (Å²) >= 11 is 0.